The number of aromatic nitrogens is 1. The maximum absolute atomic E-state index is 12.3. The van der Waals surface area contributed by atoms with Gasteiger partial charge in [0.15, 0.2) is 6.61 Å². The molecule has 1 aromatic carbocycles. The summed E-state index contributed by atoms with van der Waals surface area (Å²) in [6, 6.07) is 9.39. The number of rotatable bonds is 7. The summed E-state index contributed by atoms with van der Waals surface area (Å²) in [6.45, 7) is 6.62. The molecule has 0 saturated carbocycles. The number of hydrogen-bond donors (Lipinski definition) is 0. The average molecular weight is 404 g/mol. The van der Waals surface area contributed by atoms with E-state index in [1.165, 1.54) is 6.08 Å². The largest absolute Gasteiger partial charge is 0.454 e. The fourth-order valence-corrected chi connectivity index (χ4v) is 2.92. The first kappa shape index (κ1) is 19.2. The van der Waals surface area contributed by atoms with Crippen molar-refractivity contribution >= 4 is 33.8 Å². The molecule has 25 heavy (non-hydrogen) atoms. The Morgan fingerprint density at radius 3 is 2.52 bits per heavy atom. The number of carbonyl (C=O) groups is 2. The van der Waals surface area contributed by atoms with E-state index >= 15 is 0 Å². The van der Waals surface area contributed by atoms with Crippen LogP contribution < -0.4 is 0 Å². The fraction of sp³-hybridized carbons (Fsp3) is 0.300. The summed E-state index contributed by atoms with van der Waals surface area (Å²) in [7, 11) is 0. The van der Waals surface area contributed by atoms with E-state index < -0.39 is 5.97 Å². The van der Waals surface area contributed by atoms with E-state index in [4.69, 9.17) is 4.74 Å². The fourth-order valence-electron chi connectivity index (χ4n) is 2.65. The van der Waals surface area contributed by atoms with Gasteiger partial charge in [0.25, 0.3) is 0 Å². The molecule has 132 valence electrons. The van der Waals surface area contributed by atoms with Crippen molar-refractivity contribution in [3.05, 3.63) is 63.4 Å². The number of nitrogens with zero attached hydrogens (tertiary/aromatic N) is 1. The lowest BCUT2D eigenvalue weighted by molar-refractivity contribution is -0.136. The second-order valence-corrected chi connectivity index (χ2v) is 6.77. The minimum absolute atomic E-state index is 0.180. The third-order valence-electron chi connectivity index (χ3n) is 3.95. The van der Waals surface area contributed by atoms with Crippen molar-refractivity contribution in [1.29, 1.82) is 0 Å². The monoisotopic (exact) mass is 403 g/mol. The first-order valence-electron chi connectivity index (χ1n) is 8.22. The molecule has 2 aromatic rings. The Balaban J connectivity index is 1.94. The minimum atomic E-state index is -0.529. The average Bonchev–Trinajstić information content (AvgIpc) is 2.88. The zero-order valence-electron chi connectivity index (χ0n) is 14.7. The highest BCUT2D eigenvalue weighted by Crippen LogP contribution is 2.16. The van der Waals surface area contributed by atoms with Crippen LogP contribution in [0.15, 0.2) is 40.9 Å². The lowest BCUT2D eigenvalue weighted by Crippen LogP contribution is -2.13. The molecule has 0 atom stereocenters. The molecular weight excluding hydrogens is 382 g/mol. The van der Waals surface area contributed by atoms with E-state index in [9.17, 15) is 9.59 Å². The summed E-state index contributed by atoms with van der Waals surface area (Å²) in [5, 5.41) is 0. The van der Waals surface area contributed by atoms with Crippen molar-refractivity contribution in [3.63, 3.8) is 0 Å². The van der Waals surface area contributed by atoms with E-state index in [2.05, 4.69) is 27.4 Å². The zero-order chi connectivity index (χ0) is 18.4. The van der Waals surface area contributed by atoms with E-state index in [1.807, 2.05) is 44.2 Å². The van der Waals surface area contributed by atoms with Gasteiger partial charge in [-0.05, 0) is 50.1 Å². The number of carbonyl (C=O) groups excluding carboxylic acids is 2. The van der Waals surface area contributed by atoms with E-state index in [0.717, 1.165) is 34.4 Å². The van der Waals surface area contributed by atoms with Crippen molar-refractivity contribution in [2.24, 2.45) is 0 Å². The number of ketones is 1. The van der Waals surface area contributed by atoms with Gasteiger partial charge in [-0.3, -0.25) is 4.79 Å². The highest BCUT2D eigenvalue weighted by molar-refractivity contribution is 9.10. The van der Waals surface area contributed by atoms with Crippen molar-refractivity contribution in [1.82, 2.24) is 4.57 Å². The number of esters is 1. The molecule has 0 aliphatic carbocycles. The number of aryl methyl sites for hydroxylation is 1. The summed E-state index contributed by atoms with van der Waals surface area (Å²) >= 11 is 3.36. The number of halogens is 1. The quantitative estimate of drug-likeness (QED) is 0.381. The van der Waals surface area contributed by atoms with Gasteiger partial charge >= 0.3 is 5.97 Å². The Labute approximate surface area is 156 Å². The molecule has 4 nitrogen and oxygen atoms in total. The summed E-state index contributed by atoms with van der Waals surface area (Å²) in [4.78, 5) is 24.1. The number of ether oxygens (including phenoxy) is 1. The molecule has 0 unspecified atom stereocenters. The SMILES string of the molecule is CCCn1c(C)cc(C(=O)COC(=O)/C=C/c2ccc(Br)cc2)c1C. The van der Waals surface area contributed by atoms with Gasteiger partial charge in [0.05, 0.1) is 0 Å². The Kier molecular flexibility index (Phi) is 6.76. The maximum Gasteiger partial charge on any atom is 0.331 e. The summed E-state index contributed by atoms with van der Waals surface area (Å²) in [6.07, 6.45) is 3.99. The summed E-state index contributed by atoms with van der Waals surface area (Å²) in [5.41, 5.74) is 3.47. The Hall–Kier alpha value is -2.14. The third-order valence-corrected chi connectivity index (χ3v) is 4.48. The predicted molar refractivity (Wildman–Crippen MR) is 103 cm³/mol. The van der Waals surface area contributed by atoms with Crippen LogP contribution in [0.4, 0.5) is 0 Å². The Morgan fingerprint density at radius 1 is 1.20 bits per heavy atom. The Morgan fingerprint density at radius 2 is 1.88 bits per heavy atom. The molecule has 0 aliphatic rings. The van der Waals surface area contributed by atoms with Gasteiger partial charge in [0.1, 0.15) is 0 Å². The minimum Gasteiger partial charge on any atom is -0.454 e. The molecule has 2 rings (SSSR count). The second-order valence-electron chi connectivity index (χ2n) is 5.85. The van der Waals surface area contributed by atoms with E-state index in [1.54, 1.807) is 6.08 Å². The van der Waals surface area contributed by atoms with Gasteiger partial charge in [-0.2, -0.15) is 0 Å². The van der Waals surface area contributed by atoms with Crippen LogP contribution in [-0.4, -0.2) is 22.9 Å². The standard InChI is InChI=1S/C20H22BrNO3/c1-4-11-22-14(2)12-18(15(22)3)19(23)13-25-20(24)10-7-16-5-8-17(21)9-6-16/h5-10,12H,4,11,13H2,1-3H3/b10-7+. The first-order chi connectivity index (χ1) is 11.9. The lowest BCUT2D eigenvalue weighted by atomic mass is 10.1. The van der Waals surface area contributed by atoms with Crippen LogP contribution in [0.1, 0.15) is 40.7 Å². The van der Waals surface area contributed by atoms with Crippen LogP contribution in [0.25, 0.3) is 6.08 Å². The van der Waals surface area contributed by atoms with Crippen LogP contribution in [-0.2, 0) is 16.1 Å². The van der Waals surface area contributed by atoms with Crippen molar-refractivity contribution < 1.29 is 14.3 Å². The topological polar surface area (TPSA) is 48.3 Å². The van der Waals surface area contributed by atoms with Crippen LogP contribution in [0.3, 0.4) is 0 Å². The summed E-state index contributed by atoms with van der Waals surface area (Å²) < 4.78 is 8.16. The van der Waals surface area contributed by atoms with Gasteiger partial charge in [-0.25, -0.2) is 4.79 Å². The lowest BCUT2D eigenvalue weighted by Gasteiger charge is -2.07. The molecular formula is C20H22BrNO3. The summed E-state index contributed by atoms with van der Waals surface area (Å²) in [5.74, 6) is -0.709. The van der Waals surface area contributed by atoms with Crippen molar-refractivity contribution in [2.45, 2.75) is 33.7 Å². The van der Waals surface area contributed by atoms with Crippen molar-refractivity contribution in [2.75, 3.05) is 6.61 Å². The van der Waals surface area contributed by atoms with Gasteiger partial charge < -0.3 is 9.30 Å². The van der Waals surface area contributed by atoms with Gasteiger partial charge in [0, 0.05) is 34.0 Å². The van der Waals surface area contributed by atoms with Gasteiger partial charge in [-0.1, -0.05) is 35.0 Å². The normalized spacial score (nSPS) is 11.0. The molecule has 0 amide bonds. The molecule has 0 saturated heterocycles. The van der Waals surface area contributed by atoms with Crippen LogP contribution in [0.2, 0.25) is 0 Å². The molecule has 0 spiro atoms. The Bertz CT molecular complexity index is 788. The molecule has 0 N–H and O–H groups in total. The number of hydrogen-bond acceptors (Lipinski definition) is 3. The van der Waals surface area contributed by atoms with E-state index in [-0.39, 0.29) is 12.4 Å². The highest BCUT2D eigenvalue weighted by Gasteiger charge is 2.16. The first-order valence-corrected chi connectivity index (χ1v) is 9.02. The number of benzene rings is 1. The van der Waals surface area contributed by atoms with Crippen LogP contribution >= 0.6 is 15.9 Å². The molecule has 1 heterocycles. The molecule has 5 heteroatoms. The smallest absolute Gasteiger partial charge is 0.331 e. The number of Topliss-reactive ketones (excluding diaryl/α,β-unsaturated/α-hetero) is 1. The van der Waals surface area contributed by atoms with E-state index in [0.29, 0.717) is 5.56 Å². The maximum atomic E-state index is 12.3. The molecule has 1 aromatic heterocycles. The highest BCUT2D eigenvalue weighted by atomic mass is 79.9. The molecule has 0 fully saturated rings. The molecule has 0 radical (unpaired) electrons. The zero-order valence-corrected chi connectivity index (χ0v) is 16.3. The van der Waals surface area contributed by atoms with Crippen LogP contribution in [0.5, 0.6) is 0 Å². The predicted octanol–water partition coefficient (Wildman–Crippen LogP) is 4.72. The van der Waals surface area contributed by atoms with Gasteiger partial charge in [0.2, 0.25) is 5.78 Å². The third kappa shape index (κ3) is 5.16. The van der Waals surface area contributed by atoms with Gasteiger partial charge in [-0.15, -0.1) is 0 Å². The molecule has 0 bridgehead atoms. The second kappa shape index (κ2) is 8.81. The molecule has 0 aliphatic heterocycles. The van der Waals surface area contributed by atoms with Crippen molar-refractivity contribution in [3.8, 4) is 0 Å². The van der Waals surface area contributed by atoms with Crippen LogP contribution in [0, 0.1) is 13.8 Å².